The molecule has 3 aliphatic heterocycles. The predicted octanol–water partition coefficient (Wildman–Crippen LogP) is 0.800. The van der Waals surface area contributed by atoms with Crippen molar-refractivity contribution in [2.45, 2.75) is 37.3 Å². The van der Waals surface area contributed by atoms with Gasteiger partial charge in [0.15, 0.2) is 5.96 Å². The van der Waals surface area contributed by atoms with Crippen LogP contribution in [0.3, 0.4) is 0 Å². The maximum atomic E-state index is 6.05. The number of fused-ring (bicyclic) bond motifs is 2. The molecule has 0 aromatic carbocycles. The standard InChI is InChI=1S/C13H22N4/c1-2-7-17-12(14)15-10-13(17)6-9-16-8-4-3-5-11(13)16/h2,11H,1,3-10H2,(H2,14,15). The van der Waals surface area contributed by atoms with Crippen molar-refractivity contribution in [3.8, 4) is 0 Å². The van der Waals surface area contributed by atoms with Crippen LogP contribution in [0.1, 0.15) is 25.7 Å². The van der Waals surface area contributed by atoms with E-state index in [1.54, 1.807) is 0 Å². The van der Waals surface area contributed by atoms with Gasteiger partial charge in [-0.05, 0) is 25.8 Å². The van der Waals surface area contributed by atoms with Gasteiger partial charge in [0.25, 0.3) is 0 Å². The van der Waals surface area contributed by atoms with Crippen molar-refractivity contribution in [1.82, 2.24) is 9.80 Å². The molecule has 2 fully saturated rings. The van der Waals surface area contributed by atoms with Gasteiger partial charge in [-0.25, -0.2) is 0 Å². The summed E-state index contributed by atoms with van der Waals surface area (Å²) in [6.45, 7) is 8.03. The molecular weight excluding hydrogens is 212 g/mol. The molecule has 4 heteroatoms. The van der Waals surface area contributed by atoms with Gasteiger partial charge in [0.2, 0.25) is 0 Å². The lowest BCUT2D eigenvalue weighted by molar-refractivity contribution is 0.101. The third kappa shape index (κ3) is 1.50. The minimum absolute atomic E-state index is 0.179. The topological polar surface area (TPSA) is 44.9 Å². The minimum Gasteiger partial charge on any atom is -0.370 e. The van der Waals surface area contributed by atoms with Gasteiger partial charge in [-0.2, -0.15) is 0 Å². The molecule has 2 N–H and O–H groups in total. The van der Waals surface area contributed by atoms with E-state index in [1.807, 2.05) is 6.08 Å². The van der Waals surface area contributed by atoms with Gasteiger partial charge in [-0.15, -0.1) is 6.58 Å². The zero-order valence-corrected chi connectivity index (χ0v) is 10.4. The molecule has 0 aromatic heterocycles. The zero-order valence-electron chi connectivity index (χ0n) is 10.4. The van der Waals surface area contributed by atoms with Crippen LogP contribution in [-0.2, 0) is 0 Å². The Hall–Kier alpha value is -1.03. The van der Waals surface area contributed by atoms with Crippen molar-refractivity contribution in [3.63, 3.8) is 0 Å². The van der Waals surface area contributed by atoms with E-state index in [4.69, 9.17) is 5.73 Å². The SMILES string of the molecule is C=CCN1C(N)=NCC12CCN1CCCCC12. The average Bonchev–Trinajstić information content (AvgIpc) is 2.87. The molecule has 3 heterocycles. The van der Waals surface area contributed by atoms with E-state index in [9.17, 15) is 0 Å². The number of piperidine rings is 1. The zero-order chi connectivity index (χ0) is 11.9. The molecule has 0 radical (unpaired) electrons. The van der Waals surface area contributed by atoms with Gasteiger partial charge < -0.3 is 10.6 Å². The number of aliphatic imine (C=N–C) groups is 1. The first-order valence-electron chi connectivity index (χ1n) is 6.70. The molecule has 94 valence electrons. The molecule has 0 bridgehead atoms. The Labute approximate surface area is 103 Å². The summed E-state index contributed by atoms with van der Waals surface area (Å²) in [4.78, 5) is 9.46. The van der Waals surface area contributed by atoms with Crippen LogP contribution in [0.5, 0.6) is 0 Å². The fraction of sp³-hybridized carbons (Fsp3) is 0.769. The van der Waals surface area contributed by atoms with Crippen molar-refractivity contribution < 1.29 is 0 Å². The molecule has 1 spiro atoms. The molecule has 0 amide bonds. The van der Waals surface area contributed by atoms with E-state index in [0.29, 0.717) is 6.04 Å². The van der Waals surface area contributed by atoms with E-state index in [2.05, 4.69) is 21.4 Å². The minimum atomic E-state index is 0.179. The van der Waals surface area contributed by atoms with E-state index < -0.39 is 0 Å². The summed E-state index contributed by atoms with van der Waals surface area (Å²) in [6.07, 6.45) is 7.15. The van der Waals surface area contributed by atoms with Crippen LogP contribution in [0.2, 0.25) is 0 Å². The second-order valence-electron chi connectivity index (χ2n) is 5.47. The Morgan fingerprint density at radius 1 is 1.47 bits per heavy atom. The van der Waals surface area contributed by atoms with Crippen molar-refractivity contribution in [3.05, 3.63) is 12.7 Å². The summed E-state index contributed by atoms with van der Waals surface area (Å²) in [5.74, 6) is 0.720. The lowest BCUT2D eigenvalue weighted by Gasteiger charge is -2.43. The van der Waals surface area contributed by atoms with Gasteiger partial charge in [0.05, 0.1) is 12.1 Å². The fourth-order valence-electron chi connectivity index (χ4n) is 3.89. The van der Waals surface area contributed by atoms with Gasteiger partial charge in [0, 0.05) is 19.1 Å². The second-order valence-corrected chi connectivity index (χ2v) is 5.47. The summed E-state index contributed by atoms with van der Waals surface area (Å²) in [5, 5.41) is 0. The fourth-order valence-corrected chi connectivity index (χ4v) is 3.89. The monoisotopic (exact) mass is 234 g/mol. The molecule has 3 aliphatic rings. The first-order valence-corrected chi connectivity index (χ1v) is 6.70. The van der Waals surface area contributed by atoms with Gasteiger partial charge in [0.1, 0.15) is 0 Å². The highest BCUT2D eigenvalue weighted by atomic mass is 15.4. The smallest absolute Gasteiger partial charge is 0.192 e. The lowest BCUT2D eigenvalue weighted by Crippen LogP contribution is -2.59. The summed E-state index contributed by atoms with van der Waals surface area (Å²) in [5.41, 5.74) is 6.23. The molecule has 2 atom stereocenters. The largest absolute Gasteiger partial charge is 0.370 e. The van der Waals surface area contributed by atoms with Gasteiger partial charge in [-0.1, -0.05) is 12.5 Å². The Kier molecular flexibility index (Phi) is 2.62. The summed E-state index contributed by atoms with van der Waals surface area (Å²) in [7, 11) is 0. The van der Waals surface area contributed by atoms with Crippen LogP contribution in [0, 0.1) is 0 Å². The molecule has 0 aromatic rings. The highest BCUT2D eigenvalue weighted by molar-refractivity contribution is 5.81. The van der Waals surface area contributed by atoms with Crippen LogP contribution >= 0.6 is 0 Å². The first kappa shape index (κ1) is 11.1. The van der Waals surface area contributed by atoms with E-state index in [0.717, 1.165) is 19.0 Å². The number of nitrogens with two attached hydrogens (primary N) is 1. The summed E-state index contributed by atoms with van der Waals surface area (Å²) in [6, 6.07) is 0.654. The Bertz CT molecular complexity index is 351. The number of hydrogen-bond acceptors (Lipinski definition) is 4. The molecule has 2 unspecified atom stereocenters. The van der Waals surface area contributed by atoms with Crippen molar-refractivity contribution in [2.75, 3.05) is 26.2 Å². The lowest BCUT2D eigenvalue weighted by atomic mass is 9.84. The first-order chi connectivity index (χ1) is 8.28. The maximum absolute atomic E-state index is 6.05. The molecule has 3 rings (SSSR count). The number of rotatable bonds is 2. The maximum Gasteiger partial charge on any atom is 0.192 e. The molecule has 4 nitrogen and oxygen atoms in total. The van der Waals surface area contributed by atoms with Crippen LogP contribution in [0.15, 0.2) is 17.6 Å². The van der Waals surface area contributed by atoms with Crippen LogP contribution < -0.4 is 5.73 Å². The quantitative estimate of drug-likeness (QED) is 0.719. The Morgan fingerprint density at radius 3 is 3.18 bits per heavy atom. The molecule has 0 saturated carbocycles. The van der Waals surface area contributed by atoms with Crippen LogP contribution in [0.25, 0.3) is 0 Å². The molecular formula is C13H22N4. The average molecular weight is 234 g/mol. The van der Waals surface area contributed by atoms with Crippen molar-refractivity contribution >= 4 is 5.96 Å². The third-order valence-corrected chi connectivity index (χ3v) is 4.71. The van der Waals surface area contributed by atoms with E-state index in [1.165, 1.54) is 38.8 Å². The summed E-state index contributed by atoms with van der Waals surface area (Å²) < 4.78 is 0. The second kappa shape index (κ2) is 4.02. The number of hydrogen-bond donors (Lipinski definition) is 1. The molecule has 0 aliphatic carbocycles. The van der Waals surface area contributed by atoms with E-state index in [-0.39, 0.29) is 5.54 Å². The van der Waals surface area contributed by atoms with Crippen LogP contribution in [0.4, 0.5) is 0 Å². The number of guanidine groups is 1. The predicted molar refractivity (Wildman–Crippen MR) is 70.0 cm³/mol. The highest BCUT2D eigenvalue weighted by Crippen LogP contribution is 2.41. The van der Waals surface area contributed by atoms with Crippen LogP contribution in [-0.4, -0.2) is 53.5 Å². The van der Waals surface area contributed by atoms with Gasteiger partial charge >= 0.3 is 0 Å². The number of nitrogens with zero attached hydrogens (tertiary/aromatic N) is 3. The normalized spacial score (nSPS) is 37.3. The third-order valence-electron chi connectivity index (χ3n) is 4.71. The summed E-state index contributed by atoms with van der Waals surface area (Å²) >= 11 is 0. The highest BCUT2D eigenvalue weighted by Gasteiger charge is 2.54. The Morgan fingerprint density at radius 2 is 2.35 bits per heavy atom. The molecule has 2 saturated heterocycles. The Balaban J connectivity index is 1.88. The van der Waals surface area contributed by atoms with Crippen molar-refractivity contribution in [1.29, 1.82) is 0 Å². The van der Waals surface area contributed by atoms with Crippen molar-refractivity contribution in [2.24, 2.45) is 10.7 Å². The van der Waals surface area contributed by atoms with E-state index >= 15 is 0 Å². The molecule has 17 heavy (non-hydrogen) atoms. The van der Waals surface area contributed by atoms with Gasteiger partial charge in [-0.3, -0.25) is 9.89 Å².